The Morgan fingerprint density at radius 1 is 1.24 bits per heavy atom. The van der Waals surface area contributed by atoms with Gasteiger partial charge in [-0.05, 0) is 49.1 Å². The monoisotopic (exact) mass is 401 g/mol. The third-order valence-corrected chi connectivity index (χ3v) is 7.10. The third kappa shape index (κ3) is 3.06. The third-order valence-electron chi connectivity index (χ3n) is 5.91. The Kier molecular flexibility index (Phi) is 4.28. The molecule has 0 unspecified atom stereocenters. The fourth-order valence-corrected chi connectivity index (χ4v) is 5.42. The van der Waals surface area contributed by atoms with E-state index in [4.69, 9.17) is 5.26 Å². The quantitative estimate of drug-likeness (QED) is 0.472. The highest BCUT2D eigenvalue weighted by molar-refractivity contribution is 7.22. The summed E-state index contributed by atoms with van der Waals surface area (Å²) in [5.74, 6) is 2.35. The van der Waals surface area contributed by atoms with Crippen LogP contribution in [0.3, 0.4) is 0 Å². The van der Waals surface area contributed by atoms with E-state index in [1.807, 2.05) is 24.1 Å². The number of aryl methyl sites for hydroxylation is 2. The number of fused-ring (bicyclic) bond motifs is 2. The van der Waals surface area contributed by atoms with E-state index in [9.17, 15) is 4.79 Å². The molecule has 144 valence electrons. The zero-order valence-electron chi connectivity index (χ0n) is 16.4. The Balaban J connectivity index is 1.55. The molecule has 0 atom stereocenters. The number of rotatable bonds is 2. The fourth-order valence-electron chi connectivity index (χ4n) is 4.37. The first kappa shape index (κ1) is 18.1. The summed E-state index contributed by atoms with van der Waals surface area (Å²) in [6.07, 6.45) is 7.19. The van der Waals surface area contributed by atoms with Gasteiger partial charge in [0.05, 0.1) is 17.8 Å². The lowest BCUT2D eigenvalue weighted by molar-refractivity contribution is 0.400. The molecule has 6 nitrogen and oxygen atoms in total. The van der Waals surface area contributed by atoms with Crippen molar-refractivity contribution in [2.45, 2.75) is 38.4 Å². The topological polar surface area (TPSA) is 76.5 Å². The van der Waals surface area contributed by atoms with E-state index in [1.54, 1.807) is 4.68 Å². The van der Waals surface area contributed by atoms with Crippen LogP contribution in [-0.2, 0) is 7.05 Å². The molecule has 0 bridgehead atoms. The SMILES string of the molecule is Cc1cc(-c2cc3cnn(C4CCB(C#N)CC4)c(=O)c3s2)cc2cn(C)nc12. The Morgan fingerprint density at radius 3 is 2.79 bits per heavy atom. The van der Waals surface area contributed by atoms with E-state index in [2.05, 4.69) is 41.3 Å². The van der Waals surface area contributed by atoms with Crippen LogP contribution in [0.5, 0.6) is 0 Å². The largest absolute Gasteiger partial charge is 0.284 e. The zero-order chi connectivity index (χ0) is 20.1. The van der Waals surface area contributed by atoms with Crippen molar-refractivity contribution in [1.29, 1.82) is 5.26 Å². The maximum atomic E-state index is 13.1. The van der Waals surface area contributed by atoms with Crippen LogP contribution in [0, 0.1) is 18.2 Å². The van der Waals surface area contributed by atoms with Crippen molar-refractivity contribution in [3.63, 3.8) is 0 Å². The molecule has 0 amide bonds. The summed E-state index contributed by atoms with van der Waals surface area (Å²) in [5, 5.41) is 20.1. The predicted octanol–water partition coefficient (Wildman–Crippen LogP) is 4.21. The van der Waals surface area contributed by atoms with Crippen molar-refractivity contribution in [3.8, 4) is 16.4 Å². The highest BCUT2D eigenvalue weighted by atomic mass is 32.1. The van der Waals surface area contributed by atoms with E-state index in [0.717, 1.165) is 62.5 Å². The van der Waals surface area contributed by atoms with Crippen molar-refractivity contribution in [1.82, 2.24) is 19.6 Å². The van der Waals surface area contributed by atoms with Crippen LogP contribution >= 0.6 is 11.3 Å². The molecule has 29 heavy (non-hydrogen) atoms. The predicted molar refractivity (Wildman–Crippen MR) is 118 cm³/mol. The number of nitriles is 1. The van der Waals surface area contributed by atoms with Gasteiger partial charge in [0.15, 0.2) is 0 Å². The molecule has 0 aliphatic carbocycles. The smallest absolute Gasteiger partial charge is 0.275 e. The number of benzene rings is 1. The standard InChI is InChI=1S/C21H20BN5OS/c1-13-7-14(8-16-11-26(2)25-19(13)16)18-9-15-10-24-27(21(28)20(15)29-18)17-3-5-22(12-23)6-4-17/h7-11,17H,3-6H2,1-2H3. The summed E-state index contributed by atoms with van der Waals surface area (Å²) in [6.45, 7) is 2.18. The highest BCUT2D eigenvalue weighted by Gasteiger charge is 2.27. The molecule has 1 aliphatic heterocycles. The highest BCUT2D eigenvalue weighted by Crippen LogP contribution is 2.35. The zero-order valence-corrected chi connectivity index (χ0v) is 17.2. The molecule has 1 aromatic carbocycles. The summed E-state index contributed by atoms with van der Waals surface area (Å²) < 4.78 is 4.23. The molecule has 1 saturated heterocycles. The van der Waals surface area contributed by atoms with Crippen LogP contribution in [0.1, 0.15) is 24.4 Å². The van der Waals surface area contributed by atoms with Gasteiger partial charge in [-0.3, -0.25) is 9.48 Å². The van der Waals surface area contributed by atoms with Crippen molar-refractivity contribution in [3.05, 3.63) is 46.5 Å². The van der Waals surface area contributed by atoms with Crippen molar-refractivity contribution < 1.29 is 0 Å². The number of nitrogens with zero attached hydrogens (tertiary/aromatic N) is 5. The van der Waals surface area contributed by atoms with Gasteiger partial charge in [-0.1, -0.05) is 12.6 Å². The van der Waals surface area contributed by atoms with Crippen molar-refractivity contribution in [2.75, 3.05) is 0 Å². The van der Waals surface area contributed by atoms with Gasteiger partial charge in [-0.2, -0.15) is 10.2 Å². The molecule has 3 aromatic heterocycles. The Labute approximate surface area is 172 Å². The maximum absolute atomic E-state index is 13.1. The van der Waals surface area contributed by atoms with Gasteiger partial charge in [-0.25, -0.2) is 9.94 Å². The molecule has 8 heteroatoms. The Bertz CT molecular complexity index is 1340. The van der Waals surface area contributed by atoms with E-state index < -0.39 is 0 Å². The lowest BCUT2D eigenvalue weighted by Gasteiger charge is -2.23. The minimum Gasteiger partial charge on any atom is -0.275 e. The van der Waals surface area contributed by atoms with Crippen LogP contribution in [0.15, 0.2) is 35.4 Å². The van der Waals surface area contributed by atoms with Crippen LogP contribution in [0.4, 0.5) is 0 Å². The number of aromatic nitrogens is 4. The summed E-state index contributed by atoms with van der Waals surface area (Å²) >= 11 is 1.53. The summed E-state index contributed by atoms with van der Waals surface area (Å²) in [7, 11) is 1.93. The number of hydrogen-bond acceptors (Lipinski definition) is 5. The van der Waals surface area contributed by atoms with Gasteiger partial charge in [0.2, 0.25) is 0 Å². The molecule has 5 rings (SSSR count). The molecule has 4 aromatic rings. The molecule has 0 radical (unpaired) electrons. The van der Waals surface area contributed by atoms with Gasteiger partial charge >= 0.3 is 0 Å². The van der Waals surface area contributed by atoms with Gasteiger partial charge < -0.3 is 0 Å². The second kappa shape index (κ2) is 6.85. The molecule has 0 spiro atoms. The average Bonchev–Trinajstić information content (AvgIpc) is 3.32. The molecule has 0 N–H and O–H groups in total. The average molecular weight is 401 g/mol. The molecule has 4 heterocycles. The molecular formula is C21H20BN5OS. The van der Waals surface area contributed by atoms with Crippen LogP contribution in [-0.4, -0.2) is 26.3 Å². The first-order valence-corrected chi connectivity index (χ1v) is 10.7. The fraction of sp³-hybridized carbons (Fsp3) is 0.333. The van der Waals surface area contributed by atoms with E-state index >= 15 is 0 Å². The lowest BCUT2D eigenvalue weighted by Crippen LogP contribution is -2.31. The van der Waals surface area contributed by atoms with Crippen molar-refractivity contribution >= 4 is 39.0 Å². The summed E-state index contributed by atoms with van der Waals surface area (Å²) in [5.41, 5.74) is 3.22. The van der Waals surface area contributed by atoms with E-state index in [1.165, 1.54) is 11.3 Å². The van der Waals surface area contributed by atoms with Gasteiger partial charge in [0, 0.05) is 34.9 Å². The molecule has 1 fully saturated rings. The molecule has 1 aliphatic rings. The second-order valence-corrected chi connectivity index (χ2v) is 9.01. The first-order chi connectivity index (χ1) is 14.0. The minimum absolute atomic E-state index is 0.0154. The minimum atomic E-state index is -0.0154. The number of thiophene rings is 1. The second-order valence-electron chi connectivity index (χ2n) is 7.96. The Hall–Kier alpha value is -2.92. The lowest BCUT2D eigenvalue weighted by atomic mass is 9.42. The van der Waals surface area contributed by atoms with Gasteiger partial charge in [-0.15, -0.1) is 11.3 Å². The van der Waals surface area contributed by atoms with Crippen LogP contribution in [0.25, 0.3) is 31.4 Å². The van der Waals surface area contributed by atoms with Crippen LogP contribution < -0.4 is 5.56 Å². The van der Waals surface area contributed by atoms with Crippen molar-refractivity contribution in [2.24, 2.45) is 7.05 Å². The molecular weight excluding hydrogens is 381 g/mol. The Morgan fingerprint density at radius 2 is 2.03 bits per heavy atom. The van der Waals surface area contributed by atoms with Gasteiger partial charge in [0.1, 0.15) is 4.70 Å². The molecule has 0 saturated carbocycles. The maximum Gasteiger partial charge on any atom is 0.284 e. The van der Waals surface area contributed by atoms with E-state index in [-0.39, 0.29) is 18.3 Å². The normalized spacial score (nSPS) is 15.3. The summed E-state index contributed by atoms with van der Waals surface area (Å²) in [6, 6.07) is 6.42. The van der Waals surface area contributed by atoms with Gasteiger partial charge in [0.25, 0.3) is 12.3 Å². The van der Waals surface area contributed by atoms with Crippen LogP contribution in [0.2, 0.25) is 12.6 Å². The number of hydrogen-bond donors (Lipinski definition) is 0. The first-order valence-electron chi connectivity index (χ1n) is 9.89. The summed E-state index contributed by atoms with van der Waals surface area (Å²) in [4.78, 5) is 14.2. The van der Waals surface area contributed by atoms with E-state index in [0.29, 0.717) is 0 Å².